The minimum absolute atomic E-state index is 0.354. The molecule has 0 bridgehead atoms. The van der Waals surface area contributed by atoms with E-state index in [0.717, 1.165) is 17.7 Å². The SMILES string of the molecule is CC(NS(=O)(=O)c1ccc([N+](=O)[O-])c(F)c1)c1ccsc1. The lowest BCUT2D eigenvalue weighted by atomic mass is 10.2. The van der Waals surface area contributed by atoms with Crippen LogP contribution in [0.2, 0.25) is 0 Å². The van der Waals surface area contributed by atoms with Crippen LogP contribution in [0.3, 0.4) is 0 Å². The van der Waals surface area contributed by atoms with E-state index in [2.05, 4.69) is 4.72 Å². The van der Waals surface area contributed by atoms with Gasteiger partial charge in [0.1, 0.15) is 0 Å². The normalized spacial score (nSPS) is 13.0. The zero-order valence-corrected chi connectivity index (χ0v) is 12.4. The van der Waals surface area contributed by atoms with E-state index in [9.17, 15) is 22.9 Å². The molecule has 0 saturated heterocycles. The third-order valence-electron chi connectivity index (χ3n) is 2.80. The Bertz CT molecular complexity index is 760. The van der Waals surface area contributed by atoms with Crippen LogP contribution in [0.4, 0.5) is 10.1 Å². The fourth-order valence-corrected chi connectivity index (χ4v) is 3.69. The summed E-state index contributed by atoms with van der Waals surface area (Å²) in [5, 5.41) is 14.1. The Morgan fingerprint density at radius 1 is 1.38 bits per heavy atom. The average molecular weight is 330 g/mol. The molecule has 6 nitrogen and oxygen atoms in total. The van der Waals surface area contributed by atoms with Crippen molar-refractivity contribution >= 4 is 27.0 Å². The van der Waals surface area contributed by atoms with Crippen molar-refractivity contribution in [1.82, 2.24) is 4.72 Å². The number of halogens is 1. The van der Waals surface area contributed by atoms with E-state index in [1.165, 1.54) is 11.3 Å². The van der Waals surface area contributed by atoms with Gasteiger partial charge < -0.3 is 0 Å². The number of rotatable bonds is 5. The van der Waals surface area contributed by atoms with Gasteiger partial charge in [0.25, 0.3) is 0 Å². The van der Waals surface area contributed by atoms with E-state index in [0.29, 0.717) is 6.07 Å². The molecule has 1 unspecified atom stereocenters. The molecule has 0 aliphatic rings. The molecule has 1 aromatic heterocycles. The van der Waals surface area contributed by atoms with Gasteiger partial charge in [0.05, 0.1) is 9.82 Å². The Kier molecular flexibility index (Phi) is 4.35. The second kappa shape index (κ2) is 5.88. The first-order valence-electron chi connectivity index (χ1n) is 5.79. The van der Waals surface area contributed by atoms with Gasteiger partial charge >= 0.3 is 5.69 Å². The van der Waals surface area contributed by atoms with E-state index >= 15 is 0 Å². The Balaban J connectivity index is 2.28. The molecule has 1 aromatic carbocycles. The molecule has 0 aliphatic heterocycles. The number of hydrogen-bond acceptors (Lipinski definition) is 5. The number of nitro benzene ring substituents is 1. The molecule has 9 heteroatoms. The highest BCUT2D eigenvalue weighted by atomic mass is 32.2. The number of benzene rings is 1. The summed E-state index contributed by atoms with van der Waals surface area (Å²) in [6.07, 6.45) is 0. The van der Waals surface area contributed by atoms with Gasteiger partial charge in [-0.2, -0.15) is 15.7 Å². The first-order chi connectivity index (χ1) is 9.81. The van der Waals surface area contributed by atoms with Crippen molar-refractivity contribution < 1.29 is 17.7 Å². The van der Waals surface area contributed by atoms with E-state index in [1.807, 2.05) is 5.38 Å². The molecule has 0 amide bonds. The fourth-order valence-electron chi connectivity index (χ4n) is 1.69. The molecule has 0 saturated carbocycles. The standard InChI is InChI=1S/C12H11FN2O4S2/c1-8(9-4-5-20-7-9)14-21(18,19)10-2-3-12(15(16)17)11(13)6-10/h2-8,14H,1H3. The Morgan fingerprint density at radius 2 is 2.10 bits per heavy atom. The zero-order chi connectivity index (χ0) is 15.6. The molecule has 1 N–H and O–H groups in total. The predicted molar refractivity (Wildman–Crippen MR) is 76.1 cm³/mol. The number of thiophene rings is 1. The van der Waals surface area contributed by atoms with E-state index < -0.39 is 32.5 Å². The highest BCUT2D eigenvalue weighted by Crippen LogP contribution is 2.23. The second-order valence-electron chi connectivity index (χ2n) is 4.27. The summed E-state index contributed by atoms with van der Waals surface area (Å²) in [7, 11) is -3.96. The quantitative estimate of drug-likeness (QED) is 0.674. The number of sulfonamides is 1. The molecule has 0 aliphatic carbocycles. The van der Waals surface area contributed by atoms with Crippen molar-refractivity contribution in [3.8, 4) is 0 Å². The average Bonchev–Trinajstić information content (AvgIpc) is 2.91. The molecular formula is C12H11FN2O4S2. The number of nitro groups is 1. The third kappa shape index (κ3) is 3.43. The summed E-state index contributed by atoms with van der Waals surface area (Å²) < 4.78 is 40.2. The Labute approximate surface area is 124 Å². The van der Waals surface area contributed by atoms with Gasteiger partial charge in [-0.15, -0.1) is 0 Å². The monoisotopic (exact) mass is 330 g/mol. The molecule has 21 heavy (non-hydrogen) atoms. The summed E-state index contributed by atoms with van der Waals surface area (Å²) in [4.78, 5) is 9.25. The lowest BCUT2D eigenvalue weighted by Crippen LogP contribution is -2.26. The molecule has 112 valence electrons. The maximum atomic E-state index is 13.5. The minimum Gasteiger partial charge on any atom is -0.258 e. The van der Waals surface area contributed by atoms with Crippen LogP contribution in [0.5, 0.6) is 0 Å². The van der Waals surface area contributed by atoms with Crippen molar-refractivity contribution in [2.75, 3.05) is 0 Å². The van der Waals surface area contributed by atoms with Crippen LogP contribution in [-0.4, -0.2) is 13.3 Å². The number of nitrogens with one attached hydrogen (secondary N) is 1. The van der Waals surface area contributed by atoms with E-state index in [1.54, 1.807) is 18.4 Å². The maximum absolute atomic E-state index is 13.5. The molecule has 0 fully saturated rings. The smallest absolute Gasteiger partial charge is 0.258 e. The third-order valence-corrected chi connectivity index (χ3v) is 5.04. The van der Waals surface area contributed by atoms with Crippen LogP contribution in [-0.2, 0) is 10.0 Å². The van der Waals surface area contributed by atoms with Gasteiger partial charge in [-0.3, -0.25) is 10.1 Å². The summed E-state index contributed by atoms with van der Waals surface area (Å²) >= 11 is 1.43. The Morgan fingerprint density at radius 3 is 2.62 bits per heavy atom. The molecule has 2 rings (SSSR count). The lowest BCUT2D eigenvalue weighted by molar-refractivity contribution is -0.387. The van der Waals surface area contributed by atoms with Gasteiger partial charge in [-0.25, -0.2) is 13.1 Å². The first kappa shape index (κ1) is 15.5. The topological polar surface area (TPSA) is 89.3 Å². The van der Waals surface area contributed by atoms with Gasteiger partial charge in [0.15, 0.2) is 0 Å². The number of hydrogen-bond donors (Lipinski definition) is 1. The maximum Gasteiger partial charge on any atom is 0.304 e. The predicted octanol–water partition coefficient (Wildman–Crippen LogP) is 2.83. The molecule has 1 heterocycles. The van der Waals surface area contributed by atoms with Crippen molar-refractivity contribution in [2.45, 2.75) is 17.9 Å². The Hall–Kier alpha value is -1.84. The van der Waals surface area contributed by atoms with Crippen LogP contribution >= 0.6 is 11.3 Å². The lowest BCUT2D eigenvalue weighted by Gasteiger charge is -2.13. The van der Waals surface area contributed by atoms with Crippen molar-refractivity contribution in [2.24, 2.45) is 0 Å². The largest absolute Gasteiger partial charge is 0.304 e. The zero-order valence-electron chi connectivity index (χ0n) is 10.8. The van der Waals surface area contributed by atoms with Gasteiger partial charge in [-0.1, -0.05) is 0 Å². The van der Waals surface area contributed by atoms with Crippen LogP contribution in [0.1, 0.15) is 18.5 Å². The fraction of sp³-hybridized carbons (Fsp3) is 0.167. The molecule has 1 atom stereocenters. The minimum atomic E-state index is -3.96. The van der Waals surface area contributed by atoms with Crippen molar-refractivity contribution in [1.29, 1.82) is 0 Å². The second-order valence-corrected chi connectivity index (χ2v) is 6.76. The van der Waals surface area contributed by atoms with E-state index in [-0.39, 0.29) is 4.90 Å². The molecular weight excluding hydrogens is 319 g/mol. The summed E-state index contributed by atoms with van der Waals surface area (Å²) in [6, 6.07) is 3.76. The molecule has 0 spiro atoms. The van der Waals surface area contributed by atoms with E-state index in [4.69, 9.17) is 0 Å². The summed E-state index contributed by atoms with van der Waals surface area (Å²) in [5.74, 6) is -1.19. The van der Waals surface area contributed by atoms with Gasteiger partial charge in [0.2, 0.25) is 15.8 Å². The first-order valence-corrected chi connectivity index (χ1v) is 8.22. The van der Waals surface area contributed by atoms with Crippen LogP contribution in [0.25, 0.3) is 0 Å². The summed E-state index contributed by atoms with van der Waals surface area (Å²) in [5.41, 5.74) is 0.0193. The van der Waals surface area contributed by atoms with Crippen LogP contribution in [0, 0.1) is 15.9 Å². The van der Waals surface area contributed by atoms with Crippen molar-refractivity contribution in [3.05, 3.63) is 56.5 Å². The summed E-state index contributed by atoms with van der Waals surface area (Å²) in [6.45, 7) is 1.65. The van der Waals surface area contributed by atoms with Gasteiger partial charge in [0, 0.05) is 18.2 Å². The van der Waals surface area contributed by atoms with Crippen LogP contribution in [0.15, 0.2) is 39.9 Å². The number of nitrogens with zero attached hydrogens (tertiary/aromatic N) is 1. The van der Waals surface area contributed by atoms with Crippen molar-refractivity contribution in [3.63, 3.8) is 0 Å². The van der Waals surface area contributed by atoms with Crippen LogP contribution < -0.4 is 4.72 Å². The molecule has 2 aromatic rings. The highest BCUT2D eigenvalue weighted by Gasteiger charge is 2.22. The highest BCUT2D eigenvalue weighted by molar-refractivity contribution is 7.89. The molecule has 0 radical (unpaired) electrons. The van der Waals surface area contributed by atoms with Gasteiger partial charge in [-0.05, 0) is 35.4 Å².